The zero-order valence-corrected chi connectivity index (χ0v) is 12.2. The van der Waals surface area contributed by atoms with Gasteiger partial charge in [0.25, 0.3) is 0 Å². The lowest BCUT2D eigenvalue weighted by molar-refractivity contribution is -0.132. The summed E-state index contributed by atoms with van der Waals surface area (Å²) in [6.07, 6.45) is 6.77. The third-order valence-electron chi connectivity index (χ3n) is 4.73. The van der Waals surface area contributed by atoms with Gasteiger partial charge in [-0.3, -0.25) is 4.79 Å². The highest BCUT2D eigenvalue weighted by atomic mass is 16.5. The maximum Gasteiger partial charge on any atom is 0.224 e. The summed E-state index contributed by atoms with van der Waals surface area (Å²) in [6.45, 7) is 7.43. The molecule has 0 bridgehead atoms. The van der Waals surface area contributed by atoms with E-state index in [0.717, 1.165) is 26.2 Å². The van der Waals surface area contributed by atoms with Crippen molar-refractivity contribution in [2.75, 3.05) is 39.4 Å². The minimum Gasteiger partial charge on any atom is -0.381 e. The van der Waals surface area contributed by atoms with Crippen LogP contribution in [0.4, 0.5) is 0 Å². The molecule has 2 rings (SSSR count). The second kappa shape index (κ2) is 7.25. The highest BCUT2D eigenvalue weighted by Crippen LogP contribution is 2.39. The smallest absolute Gasteiger partial charge is 0.224 e. The molecule has 2 saturated heterocycles. The van der Waals surface area contributed by atoms with Crippen LogP contribution in [-0.2, 0) is 9.53 Å². The Morgan fingerprint density at radius 3 is 2.74 bits per heavy atom. The van der Waals surface area contributed by atoms with Gasteiger partial charge < -0.3 is 15.0 Å². The van der Waals surface area contributed by atoms with Crippen molar-refractivity contribution >= 4 is 5.91 Å². The van der Waals surface area contributed by atoms with Crippen LogP contribution in [0.3, 0.4) is 0 Å². The molecular weight excluding hydrogens is 240 g/mol. The first-order valence-corrected chi connectivity index (χ1v) is 7.82. The molecule has 0 unspecified atom stereocenters. The first kappa shape index (κ1) is 14.8. The fourth-order valence-electron chi connectivity index (χ4n) is 3.42. The van der Waals surface area contributed by atoms with Crippen LogP contribution in [0, 0.1) is 5.41 Å². The molecule has 0 aliphatic carbocycles. The quantitative estimate of drug-likeness (QED) is 0.791. The number of likely N-dealkylation sites (tertiary alicyclic amines) is 1. The number of carbonyl (C=O) groups excluding carboxylic acids is 1. The van der Waals surface area contributed by atoms with Crippen LogP contribution in [0.2, 0.25) is 0 Å². The number of ether oxygens (including phenoxy) is 1. The van der Waals surface area contributed by atoms with E-state index in [-0.39, 0.29) is 5.91 Å². The molecule has 4 nitrogen and oxygen atoms in total. The summed E-state index contributed by atoms with van der Waals surface area (Å²) < 4.78 is 5.28. The molecule has 2 fully saturated rings. The largest absolute Gasteiger partial charge is 0.381 e. The number of nitrogens with zero attached hydrogens (tertiary/aromatic N) is 1. The number of amides is 1. The first-order valence-electron chi connectivity index (χ1n) is 7.82. The molecular formula is C15H28N2O2. The fourth-order valence-corrected chi connectivity index (χ4v) is 3.42. The highest BCUT2D eigenvalue weighted by Gasteiger charge is 2.34. The summed E-state index contributed by atoms with van der Waals surface area (Å²) in [6, 6.07) is 0. The van der Waals surface area contributed by atoms with E-state index in [0.29, 0.717) is 25.0 Å². The average Bonchev–Trinajstić information content (AvgIpc) is 2.63. The number of nitrogens with one attached hydrogen (secondary N) is 1. The van der Waals surface area contributed by atoms with Crippen LogP contribution in [0.5, 0.6) is 0 Å². The molecule has 0 atom stereocenters. The Balaban J connectivity index is 1.80. The normalized spacial score (nSPS) is 23.3. The molecule has 4 heteroatoms. The lowest BCUT2D eigenvalue weighted by atomic mass is 9.73. The Kier molecular flexibility index (Phi) is 5.64. The minimum atomic E-state index is 0.277. The average molecular weight is 268 g/mol. The minimum absolute atomic E-state index is 0.277. The Morgan fingerprint density at radius 1 is 1.21 bits per heavy atom. The zero-order chi connectivity index (χ0) is 13.6. The van der Waals surface area contributed by atoms with Gasteiger partial charge in [-0.2, -0.15) is 0 Å². The van der Waals surface area contributed by atoms with Crippen molar-refractivity contribution in [3.05, 3.63) is 0 Å². The second-order valence-electron chi connectivity index (χ2n) is 5.93. The molecule has 19 heavy (non-hydrogen) atoms. The van der Waals surface area contributed by atoms with E-state index in [1.807, 2.05) is 6.92 Å². The number of hydrogen-bond donors (Lipinski definition) is 1. The van der Waals surface area contributed by atoms with Crippen molar-refractivity contribution in [1.82, 2.24) is 10.2 Å². The SMILES string of the molecule is CCOCCC(=O)N1CCCC2(CCNCC2)CC1. The van der Waals surface area contributed by atoms with Gasteiger partial charge >= 0.3 is 0 Å². The summed E-state index contributed by atoms with van der Waals surface area (Å²) in [4.78, 5) is 14.2. The third-order valence-corrected chi connectivity index (χ3v) is 4.73. The van der Waals surface area contributed by atoms with Gasteiger partial charge in [-0.15, -0.1) is 0 Å². The van der Waals surface area contributed by atoms with E-state index in [1.165, 1.54) is 32.1 Å². The number of rotatable bonds is 4. The van der Waals surface area contributed by atoms with Crippen LogP contribution in [0.1, 0.15) is 45.4 Å². The lowest BCUT2D eigenvalue weighted by Crippen LogP contribution is -2.38. The summed E-state index contributed by atoms with van der Waals surface area (Å²) in [7, 11) is 0. The van der Waals surface area contributed by atoms with E-state index in [2.05, 4.69) is 10.2 Å². The Bertz CT molecular complexity index is 288. The molecule has 0 saturated carbocycles. The molecule has 1 spiro atoms. The topological polar surface area (TPSA) is 41.6 Å². The summed E-state index contributed by atoms with van der Waals surface area (Å²) in [5.74, 6) is 0.277. The van der Waals surface area contributed by atoms with E-state index in [1.54, 1.807) is 0 Å². The predicted molar refractivity (Wildman–Crippen MR) is 76.1 cm³/mol. The van der Waals surface area contributed by atoms with Gasteiger partial charge in [-0.05, 0) is 57.5 Å². The summed E-state index contributed by atoms with van der Waals surface area (Å²) in [5, 5.41) is 3.45. The Morgan fingerprint density at radius 2 is 2.00 bits per heavy atom. The zero-order valence-electron chi connectivity index (χ0n) is 12.2. The molecule has 0 aromatic carbocycles. The van der Waals surface area contributed by atoms with Gasteiger partial charge in [0.2, 0.25) is 5.91 Å². The standard InChI is InChI=1S/C15H28N2O2/c1-2-19-13-4-14(18)17-11-3-5-15(8-12-17)6-9-16-10-7-15/h16H,2-13H2,1H3. The maximum absolute atomic E-state index is 12.1. The predicted octanol–water partition coefficient (Wildman–Crippen LogP) is 1.80. The molecule has 0 radical (unpaired) electrons. The van der Waals surface area contributed by atoms with E-state index in [4.69, 9.17) is 4.74 Å². The molecule has 2 aliphatic rings. The first-order chi connectivity index (χ1) is 9.26. The monoisotopic (exact) mass is 268 g/mol. The molecule has 1 N–H and O–H groups in total. The highest BCUT2D eigenvalue weighted by molar-refractivity contribution is 5.76. The lowest BCUT2D eigenvalue weighted by Gasteiger charge is -2.37. The van der Waals surface area contributed by atoms with Crippen LogP contribution in [-0.4, -0.2) is 50.2 Å². The van der Waals surface area contributed by atoms with Crippen molar-refractivity contribution in [3.8, 4) is 0 Å². The summed E-state index contributed by atoms with van der Waals surface area (Å²) >= 11 is 0. The molecule has 2 aliphatic heterocycles. The molecule has 1 amide bonds. The van der Waals surface area contributed by atoms with Crippen LogP contribution < -0.4 is 5.32 Å². The Labute approximate surface area is 116 Å². The van der Waals surface area contributed by atoms with Crippen LogP contribution in [0.25, 0.3) is 0 Å². The van der Waals surface area contributed by atoms with E-state index in [9.17, 15) is 4.79 Å². The van der Waals surface area contributed by atoms with Gasteiger partial charge in [0, 0.05) is 19.7 Å². The maximum atomic E-state index is 12.1. The van der Waals surface area contributed by atoms with Crippen LogP contribution in [0.15, 0.2) is 0 Å². The third kappa shape index (κ3) is 4.18. The second-order valence-corrected chi connectivity index (χ2v) is 5.93. The summed E-state index contributed by atoms with van der Waals surface area (Å²) in [5.41, 5.74) is 0.514. The van der Waals surface area contributed by atoms with Crippen molar-refractivity contribution in [2.24, 2.45) is 5.41 Å². The van der Waals surface area contributed by atoms with Crippen molar-refractivity contribution in [1.29, 1.82) is 0 Å². The van der Waals surface area contributed by atoms with Gasteiger partial charge in [0.15, 0.2) is 0 Å². The van der Waals surface area contributed by atoms with Crippen molar-refractivity contribution in [3.63, 3.8) is 0 Å². The number of hydrogen-bond acceptors (Lipinski definition) is 3. The number of carbonyl (C=O) groups is 1. The molecule has 2 heterocycles. The van der Waals surface area contributed by atoms with Gasteiger partial charge in [-0.1, -0.05) is 0 Å². The van der Waals surface area contributed by atoms with E-state index >= 15 is 0 Å². The van der Waals surface area contributed by atoms with E-state index < -0.39 is 0 Å². The molecule has 110 valence electrons. The van der Waals surface area contributed by atoms with Crippen LogP contribution >= 0.6 is 0 Å². The molecule has 0 aromatic heterocycles. The Hall–Kier alpha value is -0.610. The van der Waals surface area contributed by atoms with Crippen molar-refractivity contribution < 1.29 is 9.53 Å². The van der Waals surface area contributed by atoms with Gasteiger partial charge in [-0.25, -0.2) is 0 Å². The fraction of sp³-hybridized carbons (Fsp3) is 0.933. The van der Waals surface area contributed by atoms with Crippen molar-refractivity contribution in [2.45, 2.75) is 45.4 Å². The number of piperidine rings is 1. The van der Waals surface area contributed by atoms with Gasteiger partial charge in [0.05, 0.1) is 13.0 Å². The van der Waals surface area contributed by atoms with Gasteiger partial charge in [0.1, 0.15) is 0 Å². The molecule has 0 aromatic rings.